The molecule has 1 aromatic rings. The van der Waals surface area contributed by atoms with Gasteiger partial charge in [0.05, 0.1) is 13.2 Å². The predicted octanol–water partition coefficient (Wildman–Crippen LogP) is 1.77. The number of halogens is 1. The van der Waals surface area contributed by atoms with Gasteiger partial charge in [-0.1, -0.05) is 24.3 Å². The molecule has 1 aromatic carbocycles. The Labute approximate surface area is 193 Å². The fourth-order valence-corrected chi connectivity index (χ4v) is 3.14. The van der Waals surface area contributed by atoms with E-state index >= 15 is 0 Å². The summed E-state index contributed by atoms with van der Waals surface area (Å²) in [6, 6.07) is 8.83. The van der Waals surface area contributed by atoms with Gasteiger partial charge in [0.25, 0.3) is 0 Å². The number of aliphatic imine (C=N–C) groups is 1. The molecule has 1 heterocycles. The third-order valence-corrected chi connectivity index (χ3v) is 4.89. The van der Waals surface area contributed by atoms with Gasteiger partial charge in [-0.25, -0.2) is 0 Å². The Morgan fingerprint density at radius 2 is 1.83 bits per heavy atom. The largest absolute Gasteiger partial charge is 0.385 e. The van der Waals surface area contributed by atoms with Crippen molar-refractivity contribution in [2.75, 3.05) is 73.7 Å². The smallest absolute Gasteiger partial charge is 0.191 e. The number of nitrogens with zero attached hydrogens (tertiary/aromatic N) is 3. The first kappa shape index (κ1) is 26.1. The number of rotatable bonds is 11. The zero-order chi connectivity index (χ0) is 20.0. The maximum absolute atomic E-state index is 5.41. The van der Waals surface area contributed by atoms with Crippen molar-refractivity contribution in [1.29, 1.82) is 0 Å². The number of morpholine rings is 1. The molecule has 0 aromatic heterocycles. The lowest BCUT2D eigenvalue weighted by atomic mass is 10.1. The second-order valence-corrected chi connectivity index (χ2v) is 7.21. The van der Waals surface area contributed by atoms with E-state index in [2.05, 4.69) is 56.7 Å². The summed E-state index contributed by atoms with van der Waals surface area (Å²) in [6.07, 6.45) is 1.06. The third kappa shape index (κ3) is 11.1. The number of benzene rings is 1. The van der Waals surface area contributed by atoms with E-state index in [9.17, 15) is 0 Å². The number of hydrogen-bond donors (Lipinski definition) is 2. The lowest BCUT2D eigenvalue weighted by molar-refractivity contribution is 0.0342. The molecule has 2 N–H and O–H groups in total. The maximum Gasteiger partial charge on any atom is 0.191 e. The van der Waals surface area contributed by atoms with Crippen LogP contribution < -0.4 is 10.6 Å². The normalized spacial score (nSPS) is 15.2. The van der Waals surface area contributed by atoms with Gasteiger partial charge in [-0.05, 0) is 24.6 Å². The van der Waals surface area contributed by atoms with E-state index in [1.165, 1.54) is 11.1 Å². The molecule has 1 saturated heterocycles. The summed E-state index contributed by atoms with van der Waals surface area (Å²) in [6.45, 7) is 9.18. The Bertz CT molecular complexity index is 565. The van der Waals surface area contributed by atoms with E-state index in [0.717, 1.165) is 78.0 Å². The molecule has 1 aliphatic rings. The third-order valence-electron chi connectivity index (χ3n) is 4.89. The van der Waals surface area contributed by atoms with Gasteiger partial charge < -0.3 is 25.0 Å². The van der Waals surface area contributed by atoms with Crippen LogP contribution in [-0.2, 0) is 22.6 Å². The average Bonchev–Trinajstić information content (AvgIpc) is 2.72. The molecule has 0 radical (unpaired) electrons. The molecule has 0 amide bonds. The van der Waals surface area contributed by atoms with Gasteiger partial charge in [-0.15, -0.1) is 24.0 Å². The minimum absolute atomic E-state index is 0. The summed E-state index contributed by atoms with van der Waals surface area (Å²) in [5.74, 6) is 0.836. The van der Waals surface area contributed by atoms with Crippen LogP contribution in [0.5, 0.6) is 0 Å². The highest BCUT2D eigenvalue weighted by Gasteiger charge is 2.10. The summed E-state index contributed by atoms with van der Waals surface area (Å²) in [5.41, 5.74) is 2.61. The van der Waals surface area contributed by atoms with E-state index in [1.54, 1.807) is 7.11 Å². The van der Waals surface area contributed by atoms with Crippen LogP contribution in [0.15, 0.2) is 29.3 Å². The highest BCUT2D eigenvalue weighted by molar-refractivity contribution is 14.0. The van der Waals surface area contributed by atoms with Crippen LogP contribution in [0.1, 0.15) is 17.5 Å². The van der Waals surface area contributed by atoms with Gasteiger partial charge in [-0.3, -0.25) is 9.89 Å². The predicted molar refractivity (Wildman–Crippen MR) is 130 cm³/mol. The molecule has 1 aliphatic heterocycles. The van der Waals surface area contributed by atoms with Crippen LogP contribution in [0.25, 0.3) is 0 Å². The summed E-state index contributed by atoms with van der Waals surface area (Å²) in [4.78, 5) is 9.05. The van der Waals surface area contributed by atoms with E-state index in [1.807, 2.05) is 7.05 Å². The van der Waals surface area contributed by atoms with Crippen LogP contribution in [0.3, 0.4) is 0 Å². The number of ether oxygens (including phenoxy) is 2. The maximum atomic E-state index is 5.41. The summed E-state index contributed by atoms with van der Waals surface area (Å²) >= 11 is 0. The number of methoxy groups -OCH3 is 1. The summed E-state index contributed by atoms with van der Waals surface area (Å²) in [7, 11) is 5.68. The molecule has 0 unspecified atom stereocenters. The first-order valence-corrected chi connectivity index (χ1v) is 10.2. The van der Waals surface area contributed by atoms with Gasteiger partial charge >= 0.3 is 0 Å². The lowest BCUT2D eigenvalue weighted by Gasteiger charge is -2.26. The standard InChI is InChI=1S/C21H37N5O2.HI/c1-22-21(23-9-11-25(2)10-4-14-27-3)24-17-19-5-7-20(8-6-19)18-26-12-15-28-16-13-26;/h5-8H,4,9-18H2,1-3H3,(H2,22,23,24);1H. The van der Waals surface area contributed by atoms with Gasteiger partial charge in [0.15, 0.2) is 5.96 Å². The van der Waals surface area contributed by atoms with Crippen LogP contribution in [0.2, 0.25) is 0 Å². The first-order valence-electron chi connectivity index (χ1n) is 10.2. The van der Waals surface area contributed by atoms with Crippen molar-refractivity contribution < 1.29 is 9.47 Å². The molecule has 0 atom stereocenters. The van der Waals surface area contributed by atoms with Crippen molar-refractivity contribution in [3.05, 3.63) is 35.4 Å². The lowest BCUT2D eigenvalue weighted by Crippen LogP contribution is -2.40. The fraction of sp³-hybridized carbons (Fsp3) is 0.667. The van der Waals surface area contributed by atoms with Crippen molar-refractivity contribution >= 4 is 29.9 Å². The molecule has 1 fully saturated rings. The zero-order valence-corrected chi connectivity index (χ0v) is 20.5. The van der Waals surface area contributed by atoms with Gasteiger partial charge in [0, 0.05) is 66.6 Å². The van der Waals surface area contributed by atoms with Crippen molar-refractivity contribution in [3.63, 3.8) is 0 Å². The van der Waals surface area contributed by atoms with E-state index < -0.39 is 0 Å². The van der Waals surface area contributed by atoms with Crippen LogP contribution in [0.4, 0.5) is 0 Å². The summed E-state index contributed by atoms with van der Waals surface area (Å²) < 4.78 is 10.5. The molecule has 0 saturated carbocycles. The SMILES string of the molecule is CN=C(NCCN(C)CCCOC)NCc1ccc(CN2CCOCC2)cc1.I. The minimum Gasteiger partial charge on any atom is -0.385 e. The Kier molecular flexibility index (Phi) is 14.3. The highest BCUT2D eigenvalue weighted by atomic mass is 127. The topological polar surface area (TPSA) is 61.4 Å². The average molecular weight is 519 g/mol. The second-order valence-electron chi connectivity index (χ2n) is 7.21. The van der Waals surface area contributed by atoms with Gasteiger partial charge in [0.2, 0.25) is 0 Å². The second kappa shape index (κ2) is 15.8. The molecule has 0 spiro atoms. The number of nitrogens with one attached hydrogen (secondary N) is 2. The van der Waals surface area contributed by atoms with Gasteiger partial charge in [0.1, 0.15) is 0 Å². The van der Waals surface area contributed by atoms with E-state index in [-0.39, 0.29) is 24.0 Å². The Morgan fingerprint density at radius 3 is 2.48 bits per heavy atom. The first-order chi connectivity index (χ1) is 13.7. The number of guanidine groups is 1. The van der Waals surface area contributed by atoms with Gasteiger partial charge in [-0.2, -0.15) is 0 Å². The number of likely N-dealkylation sites (N-methyl/N-ethyl adjacent to an activating group) is 1. The Morgan fingerprint density at radius 1 is 1.14 bits per heavy atom. The van der Waals surface area contributed by atoms with E-state index in [0.29, 0.717) is 0 Å². The van der Waals surface area contributed by atoms with Crippen LogP contribution in [-0.4, -0.2) is 89.5 Å². The molecule has 29 heavy (non-hydrogen) atoms. The summed E-state index contributed by atoms with van der Waals surface area (Å²) in [5, 5.41) is 6.76. The van der Waals surface area contributed by atoms with Crippen LogP contribution in [0, 0.1) is 0 Å². The quantitative estimate of drug-likeness (QED) is 0.201. The van der Waals surface area contributed by atoms with Crippen molar-refractivity contribution in [2.45, 2.75) is 19.5 Å². The monoisotopic (exact) mass is 519 g/mol. The molecule has 2 rings (SSSR count). The zero-order valence-electron chi connectivity index (χ0n) is 18.2. The molecule has 7 nitrogen and oxygen atoms in total. The molecule has 0 aliphatic carbocycles. The van der Waals surface area contributed by atoms with Crippen molar-refractivity contribution in [2.24, 2.45) is 4.99 Å². The van der Waals surface area contributed by atoms with E-state index in [4.69, 9.17) is 9.47 Å². The molecule has 8 heteroatoms. The van der Waals surface area contributed by atoms with Crippen LogP contribution >= 0.6 is 24.0 Å². The minimum atomic E-state index is 0. The molecular formula is C21H38IN5O2. The molecule has 166 valence electrons. The fourth-order valence-electron chi connectivity index (χ4n) is 3.14. The molecular weight excluding hydrogens is 481 g/mol. The Balaban J connectivity index is 0.00000420. The Hall–Kier alpha value is -0.940. The number of hydrogen-bond acceptors (Lipinski definition) is 5. The molecule has 0 bridgehead atoms. The van der Waals surface area contributed by atoms with Crippen molar-refractivity contribution in [3.8, 4) is 0 Å². The highest BCUT2D eigenvalue weighted by Crippen LogP contribution is 2.09. The van der Waals surface area contributed by atoms with Crippen molar-refractivity contribution in [1.82, 2.24) is 20.4 Å².